The SMILES string of the molecule is CCCCOC(=O)N1CCC(OC2CCN(c3cccc4c3CCCN4[C@H]3CCC(=O)NC3=O)CC2)CC1. The molecule has 3 amide bonds. The molecule has 3 fully saturated rings. The van der Waals surface area contributed by atoms with Crippen molar-refractivity contribution in [3.8, 4) is 0 Å². The van der Waals surface area contributed by atoms with Crippen molar-refractivity contribution in [3.05, 3.63) is 23.8 Å². The second-order valence-corrected chi connectivity index (χ2v) is 11.0. The first-order valence-corrected chi connectivity index (χ1v) is 14.6. The van der Waals surface area contributed by atoms with E-state index in [-0.39, 0.29) is 36.2 Å². The predicted molar refractivity (Wildman–Crippen MR) is 145 cm³/mol. The topological polar surface area (TPSA) is 91.4 Å². The van der Waals surface area contributed by atoms with Gasteiger partial charge in [0.15, 0.2) is 0 Å². The van der Waals surface area contributed by atoms with Gasteiger partial charge < -0.3 is 24.2 Å². The maximum atomic E-state index is 12.6. The van der Waals surface area contributed by atoms with Crippen LogP contribution in [0.2, 0.25) is 0 Å². The van der Waals surface area contributed by atoms with Gasteiger partial charge in [0, 0.05) is 50.5 Å². The Labute approximate surface area is 225 Å². The van der Waals surface area contributed by atoms with Crippen molar-refractivity contribution in [3.63, 3.8) is 0 Å². The number of piperidine rings is 3. The summed E-state index contributed by atoms with van der Waals surface area (Å²) in [5.41, 5.74) is 3.73. The first-order chi connectivity index (χ1) is 18.5. The van der Waals surface area contributed by atoms with E-state index in [1.807, 2.05) is 4.90 Å². The van der Waals surface area contributed by atoms with Crippen LogP contribution in [-0.4, -0.2) is 80.4 Å². The molecule has 38 heavy (non-hydrogen) atoms. The summed E-state index contributed by atoms with van der Waals surface area (Å²) in [5.74, 6) is -0.338. The summed E-state index contributed by atoms with van der Waals surface area (Å²) < 4.78 is 11.8. The standard InChI is InChI=1S/C29H42N4O5/c1-2-3-20-37-29(36)32-18-13-22(14-19-32)38-21-11-16-31(17-12-21)24-7-4-8-25-23(24)6-5-15-33(25)26-9-10-27(34)30-28(26)35/h4,7-8,21-22,26H,2-3,5-6,9-20H2,1H3,(H,30,34,35)/t26-/m0/s1. The molecule has 4 aliphatic rings. The molecule has 0 aromatic heterocycles. The molecule has 0 radical (unpaired) electrons. The number of amides is 3. The molecule has 9 heteroatoms. The summed E-state index contributed by atoms with van der Waals surface area (Å²) in [7, 11) is 0. The number of carbonyl (C=O) groups is 3. The Morgan fingerprint density at radius 1 is 0.947 bits per heavy atom. The number of carbonyl (C=O) groups excluding carboxylic acids is 3. The molecule has 0 aliphatic carbocycles. The van der Waals surface area contributed by atoms with Crippen molar-refractivity contribution in [2.45, 2.75) is 89.4 Å². The molecular formula is C29H42N4O5. The first-order valence-electron chi connectivity index (χ1n) is 14.6. The zero-order valence-corrected chi connectivity index (χ0v) is 22.7. The van der Waals surface area contributed by atoms with Crippen molar-refractivity contribution >= 4 is 29.3 Å². The zero-order chi connectivity index (χ0) is 26.5. The molecule has 0 unspecified atom stereocenters. The molecule has 1 N–H and O–H groups in total. The van der Waals surface area contributed by atoms with Crippen LogP contribution in [-0.2, 0) is 25.5 Å². The van der Waals surface area contributed by atoms with Gasteiger partial charge in [-0.15, -0.1) is 0 Å². The third kappa shape index (κ3) is 6.08. The number of nitrogens with zero attached hydrogens (tertiary/aromatic N) is 3. The maximum absolute atomic E-state index is 12.6. The highest BCUT2D eigenvalue weighted by Crippen LogP contribution is 2.38. The number of unbranched alkanes of at least 4 members (excludes halogenated alkanes) is 1. The quantitative estimate of drug-likeness (QED) is 0.429. The van der Waals surface area contributed by atoms with Gasteiger partial charge in [0.25, 0.3) is 0 Å². The summed E-state index contributed by atoms with van der Waals surface area (Å²) in [6.45, 7) is 6.73. The summed E-state index contributed by atoms with van der Waals surface area (Å²) >= 11 is 0. The van der Waals surface area contributed by atoms with Crippen LogP contribution in [0.5, 0.6) is 0 Å². The summed E-state index contributed by atoms with van der Waals surface area (Å²) in [5, 5.41) is 2.52. The normalized spacial score (nSPS) is 23.3. The van der Waals surface area contributed by atoms with E-state index >= 15 is 0 Å². The fourth-order valence-electron chi connectivity index (χ4n) is 6.31. The highest BCUT2D eigenvalue weighted by molar-refractivity contribution is 6.02. The average molecular weight is 527 g/mol. The molecular weight excluding hydrogens is 484 g/mol. The van der Waals surface area contributed by atoms with E-state index in [1.165, 1.54) is 11.3 Å². The average Bonchev–Trinajstić information content (AvgIpc) is 2.93. The van der Waals surface area contributed by atoms with Gasteiger partial charge in [-0.05, 0) is 69.1 Å². The van der Waals surface area contributed by atoms with Gasteiger partial charge in [-0.1, -0.05) is 19.4 Å². The van der Waals surface area contributed by atoms with Crippen LogP contribution in [0.1, 0.15) is 70.3 Å². The zero-order valence-electron chi connectivity index (χ0n) is 22.7. The Balaban J connectivity index is 1.13. The van der Waals surface area contributed by atoms with Gasteiger partial charge in [0.05, 0.1) is 18.8 Å². The van der Waals surface area contributed by atoms with Crippen LogP contribution >= 0.6 is 0 Å². The number of benzene rings is 1. The number of ether oxygens (including phenoxy) is 2. The lowest BCUT2D eigenvalue weighted by molar-refractivity contribution is -0.134. The smallest absolute Gasteiger partial charge is 0.409 e. The van der Waals surface area contributed by atoms with E-state index in [2.05, 4.69) is 40.2 Å². The van der Waals surface area contributed by atoms with Crippen LogP contribution < -0.4 is 15.1 Å². The number of anilines is 2. The van der Waals surface area contributed by atoms with Crippen LogP contribution in [0.15, 0.2) is 18.2 Å². The Kier molecular flexibility index (Phi) is 8.72. The molecule has 0 saturated carbocycles. The van der Waals surface area contributed by atoms with E-state index in [1.54, 1.807) is 0 Å². The molecule has 1 atom stereocenters. The van der Waals surface area contributed by atoms with E-state index < -0.39 is 0 Å². The van der Waals surface area contributed by atoms with Gasteiger partial charge in [-0.3, -0.25) is 14.9 Å². The first kappa shape index (κ1) is 26.8. The number of imide groups is 1. The van der Waals surface area contributed by atoms with Crippen molar-refractivity contribution in [1.82, 2.24) is 10.2 Å². The Hall–Kier alpha value is -2.81. The molecule has 9 nitrogen and oxygen atoms in total. The van der Waals surface area contributed by atoms with Gasteiger partial charge in [-0.2, -0.15) is 0 Å². The van der Waals surface area contributed by atoms with E-state index in [4.69, 9.17) is 9.47 Å². The second-order valence-electron chi connectivity index (χ2n) is 11.0. The Morgan fingerprint density at radius 3 is 2.37 bits per heavy atom. The number of hydrogen-bond donors (Lipinski definition) is 1. The summed E-state index contributed by atoms with van der Waals surface area (Å²) in [6.07, 6.45) is 8.90. The lowest BCUT2D eigenvalue weighted by atomic mass is 9.94. The number of rotatable bonds is 7. The molecule has 208 valence electrons. The highest BCUT2D eigenvalue weighted by Gasteiger charge is 2.35. The van der Waals surface area contributed by atoms with Crippen LogP contribution in [0, 0.1) is 0 Å². The molecule has 4 aliphatic heterocycles. The van der Waals surface area contributed by atoms with Crippen molar-refractivity contribution < 1.29 is 23.9 Å². The van der Waals surface area contributed by atoms with Crippen molar-refractivity contribution in [2.75, 3.05) is 49.1 Å². The number of fused-ring (bicyclic) bond motifs is 1. The molecule has 1 aromatic rings. The number of nitrogens with one attached hydrogen (secondary N) is 1. The molecule has 0 bridgehead atoms. The predicted octanol–water partition coefficient (Wildman–Crippen LogP) is 3.63. The Bertz CT molecular complexity index is 1000. The second kappa shape index (κ2) is 12.4. The minimum Gasteiger partial charge on any atom is -0.449 e. The van der Waals surface area contributed by atoms with E-state index in [0.29, 0.717) is 32.5 Å². The van der Waals surface area contributed by atoms with Crippen LogP contribution in [0.4, 0.5) is 16.2 Å². The largest absolute Gasteiger partial charge is 0.449 e. The highest BCUT2D eigenvalue weighted by atomic mass is 16.6. The van der Waals surface area contributed by atoms with Gasteiger partial charge in [-0.25, -0.2) is 4.79 Å². The minimum atomic E-state index is -0.272. The minimum absolute atomic E-state index is 0.169. The summed E-state index contributed by atoms with van der Waals surface area (Å²) in [6, 6.07) is 6.17. The lowest BCUT2D eigenvalue weighted by Gasteiger charge is -2.41. The number of hydrogen-bond acceptors (Lipinski definition) is 7. The third-order valence-electron chi connectivity index (χ3n) is 8.44. The molecule has 3 saturated heterocycles. The molecule has 1 aromatic carbocycles. The molecule has 0 spiro atoms. The fraction of sp³-hybridized carbons (Fsp3) is 0.690. The van der Waals surface area contributed by atoms with Gasteiger partial charge >= 0.3 is 6.09 Å². The Morgan fingerprint density at radius 2 is 1.66 bits per heavy atom. The van der Waals surface area contributed by atoms with Crippen molar-refractivity contribution in [1.29, 1.82) is 0 Å². The van der Waals surface area contributed by atoms with Crippen molar-refractivity contribution in [2.24, 2.45) is 0 Å². The summed E-state index contributed by atoms with van der Waals surface area (Å²) in [4.78, 5) is 42.9. The van der Waals surface area contributed by atoms with E-state index in [9.17, 15) is 14.4 Å². The van der Waals surface area contributed by atoms with Crippen LogP contribution in [0.3, 0.4) is 0 Å². The monoisotopic (exact) mass is 526 g/mol. The van der Waals surface area contributed by atoms with Gasteiger partial charge in [0.1, 0.15) is 6.04 Å². The molecule has 4 heterocycles. The maximum Gasteiger partial charge on any atom is 0.409 e. The number of likely N-dealkylation sites (tertiary alicyclic amines) is 1. The van der Waals surface area contributed by atoms with Gasteiger partial charge in [0.2, 0.25) is 11.8 Å². The fourth-order valence-corrected chi connectivity index (χ4v) is 6.31. The molecule has 5 rings (SSSR count). The third-order valence-corrected chi connectivity index (χ3v) is 8.44. The van der Waals surface area contributed by atoms with Crippen LogP contribution in [0.25, 0.3) is 0 Å². The van der Waals surface area contributed by atoms with E-state index in [0.717, 1.165) is 76.7 Å². The lowest BCUT2D eigenvalue weighted by Crippen LogP contribution is -2.54.